The Bertz CT molecular complexity index is 612. The van der Waals surface area contributed by atoms with Gasteiger partial charge in [-0.1, -0.05) is 11.6 Å². The SMILES string of the molecule is O=C(NCCC1=CCCCC1)C1CCCN(C(=O)Nc2cccs2)C1. The van der Waals surface area contributed by atoms with Crippen molar-refractivity contribution < 1.29 is 9.59 Å². The van der Waals surface area contributed by atoms with Crippen LogP contribution in [0.15, 0.2) is 29.2 Å². The number of hydrogen-bond acceptors (Lipinski definition) is 3. The summed E-state index contributed by atoms with van der Waals surface area (Å²) in [6.07, 6.45) is 9.95. The predicted octanol–water partition coefficient (Wildman–Crippen LogP) is 4.00. The number of allylic oxidation sites excluding steroid dienone is 1. The third-order valence-corrected chi connectivity index (χ3v) is 5.75. The predicted molar refractivity (Wildman–Crippen MR) is 102 cm³/mol. The molecule has 25 heavy (non-hydrogen) atoms. The summed E-state index contributed by atoms with van der Waals surface area (Å²) in [5.41, 5.74) is 1.48. The van der Waals surface area contributed by atoms with Gasteiger partial charge in [-0.3, -0.25) is 10.1 Å². The molecule has 0 bridgehead atoms. The lowest BCUT2D eigenvalue weighted by Gasteiger charge is -2.32. The molecule has 1 aliphatic heterocycles. The van der Waals surface area contributed by atoms with E-state index in [1.165, 1.54) is 42.6 Å². The van der Waals surface area contributed by atoms with E-state index in [1.54, 1.807) is 4.90 Å². The standard InChI is InChI=1S/C19H27N3O2S/c23-18(20-11-10-15-6-2-1-3-7-15)16-8-4-12-22(14-16)19(24)21-17-9-5-13-25-17/h5-6,9,13,16H,1-4,7-8,10-12,14H2,(H,20,23)(H,21,24). The van der Waals surface area contributed by atoms with Gasteiger partial charge >= 0.3 is 6.03 Å². The molecule has 6 heteroatoms. The average molecular weight is 362 g/mol. The average Bonchev–Trinajstić information content (AvgIpc) is 3.15. The maximum atomic E-state index is 12.4. The minimum absolute atomic E-state index is 0.0880. The number of rotatable bonds is 5. The molecule has 2 heterocycles. The Morgan fingerprint density at radius 3 is 2.96 bits per heavy atom. The molecule has 3 rings (SSSR count). The second-order valence-corrected chi connectivity index (χ2v) is 7.79. The van der Waals surface area contributed by atoms with Gasteiger partial charge in [0, 0.05) is 19.6 Å². The van der Waals surface area contributed by atoms with Gasteiger partial charge in [-0.05, 0) is 62.5 Å². The Labute approximate surface area is 153 Å². The van der Waals surface area contributed by atoms with Gasteiger partial charge in [0.1, 0.15) is 0 Å². The van der Waals surface area contributed by atoms with Gasteiger partial charge in [0.15, 0.2) is 0 Å². The molecule has 1 atom stereocenters. The molecular formula is C19H27N3O2S. The van der Waals surface area contributed by atoms with Crippen molar-refractivity contribution in [3.8, 4) is 0 Å². The molecule has 2 aliphatic rings. The molecule has 1 saturated heterocycles. The van der Waals surface area contributed by atoms with Crippen LogP contribution in [-0.4, -0.2) is 36.5 Å². The van der Waals surface area contributed by atoms with E-state index in [4.69, 9.17) is 0 Å². The molecule has 136 valence electrons. The van der Waals surface area contributed by atoms with Crippen LogP contribution in [0.2, 0.25) is 0 Å². The van der Waals surface area contributed by atoms with Crippen molar-refractivity contribution in [2.24, 2.45) is 5.92 Å². The summed E-state index contributed by atoms with van der Waals surface area (Å²) in [5.74, 6) is -0.00629. The maximum Gasteiger partial charge on any atom is 0.322 e. The molecule has 1 fully saturated rings. The minimum atomic E-state index is -0.104. The van der Waals surface area contributed by atoms with Crippen LogP contribution in [-0.2, 0) is 4.79 Å². The van der Waals surface area contributed by atoms with E-state index >= 15 is 0 Å². The Balaban J connectivity index is 1.43. The second-order valence-electron chi connectivity index (χ2n) is 6.84. The molecule has 1 aliphatic carbocycles. The number of anilines is 1. The van der Waals surface area contributed by atoms with Gasteiger partial charge in [0.25, 0.3) is 0 Å². The molecule has 0 spiro atoms. The molecule has 2 N–H and O–H groups in total. The van der Waals surface area contributed by atoms with Gasteiger partial charge in [0.05, 0.1) is 10.9 Å². The lowest BCUT2D eigenvalue weighted by molar-refractivity contribution is -0.126. The van der Waals surface area contributed by atoms with Gasteiger partial charge < -0.3 is 10.2 Å². The quantitative estimate of drug-likeness (QED) is 0.779. The lowest BCUT2D eigenvalue weighted by Crippen LogP contribution is -2.47. The summed E-state index contributed by atoms with van der Waals surface area (Å²) in [6.45, 7) is 1.93. The van der Waals surface area contributed by atoms with E-state index in [2.05, 4.69) is 16.7 Å². The van der Waals surface area contributed by atoms with E-state index in [0.29, 0.717) is 19.6 Å². The molecule has 1 aromatic heterocycles. The van der Waals surface area contributed by atoms with Crippen molar-refractivity contribution in [2.75, 3.05) is 25.0 Å². The molecule has 1 aromatic rings. The maximum absolute atomic E-state index is 12.4. The number of hydrogen-bond donors (Lipinski definition) is 2. The first kappa shape index (κ1) is 18.0. The van der Waals surface area contributed by atoms with Crippen LogP contribution in [0.5, 0.6) is 0 Å². The number of carbonyl (C=O) groups excluding carboxylic acids is 2. The summed E-state index contributed by atoms with van der Waals surface area (Å²) >= 11 is 1.50. The fraction of sp³-hybridized carbons (Fsp3) is 0.579. The van der Waals surface area contributed by atoms with Crippen LogP contribution in [0.1, 0.15) is 44.9 Å². The molecule has 5 nitrogen and oxygen atoms in total. The van der Waals surface area contributed by atoms with Gasteiger partial charge in [-0.2, -0.15) is 0 Å². The number of thiophene rings is 1. The van der Waals surface area contributed by atoms with Gasteiger partial charge in [-0.15, -0.1) is 11.3 Å². The number of piperidine rings is 1. The van der Waals surface area contributed by atoms with Crippen LogP contribution in [0, 0.1) is 5.92 Å². The molecule has 3 amide bonds. The third-order valence-electron chi connectivity index (χ3n) is 4.96. The van der Waals surface area contributed by atoms with E-state index in [0.717, 1.165) is 24.3 Å². The van der Waals surface area contributed by atoms with Gasteiger partial charge in [0.2, 0.25) is 5.91 Å². The zero-order chi connectivity index (χ0) is 17.5. The van der Waals surface area contributed by atoms with Crippen molar-refractivity contribution in [3.05, 3.63) is 29.2 Å². The van der Waals surface area contributed by atoms with E-state index in [-0.39, 0.29) is 17.9 Å². The highest BCUT2D eigenvalue weighted by atomic mass is 32.1. The Hall–Kier alpha value is -1.82. The Morgan fingerprint density at radius 1 is 1.28 bits per heavy atom. The zero-order valence-electron chi connectivity index (χ0n) is 14.6. The number of nitrogens with one attached hydrogen (secondary N) is 2. The van der Waals surface area contributed by atoms with Crippen molar-refractivity contribution in [2.45, 2.75) is 44.9 Å². The summed E-state index contributed by atoms with van der Waals surface area (Å²) in [4.78, 5) is 26.5. The largest absolute Gasteiger partial charge is 0.355 e. The highest BCUT2D eigenvalue weighted by molar-refractivity contribution is 7.14. The van der Waals surface area contributed by atoms with Crippen molar-refractivity contribution in [1.29, 1.82) is 0 Å². The van der Waals surface area contributed by atoms with Crippen molar-refractivity contribution in [3.63, 3.8) is 0 Å². The Morgan fingerprint density at radius 2 is 2.20 bits per heavy atom. The summed E-state index contributed by atoms with van der Waals surface area (Å²) in [5, 5.41) is 8.75. The molecule has 0 radical (unpaired) electrons. The lowest BCUT2D eigenvalue weighted by atomic mass is 9.96. The van der Waals surface area contributed by atoms with E-state index in [9.17, 15) is 9.59 Å². The third kappa shape index (κ3) is 5.33. The van der Waals surface area contributed by atoms with Crippen LogP contribution in [0.4, 0.5) is 9.80 Å². The highest BCUT2D eigenvalue weighted by Gasteiger charge is 2.28. The topological polar surface area (TPSA) is 61.4 Å². The first-order chi connectivity index (χ1) is 12.2. The molecule has 0 saturated carbocycles. The fourth-order valence-corrected chi connectivity index (χ4v) is 4.14. The zero-order valence-corrected chi connectivity index (χ0v) is 15.4. The second kappa shape index (κ2) is 9.04. The van der Waals surface area contributed by atoms with Crippen molar-refractivity contribution in [1.82, 2.24) is 10.2 Å². The highest BCUT2D eigenvalue weighted by Crippen LogP contribution is 2.21. The fourth-order valence-electron chi connectivity index (χ4n) is 3.53. The number of likely N-dealkylation sites (tertiary alicyclic amines) is 1. The normalized spacial score (nSPS) is 20.7. The number of carbonyl (C=O) groups is 2. The van der Waals surface area contributed by atoms with E-state index in [1.807, 2.05) is 17.5 Å². The summed E-state index contributed by atoms with van der Waals surface area (Å²) < 4.78 is 0. The smallest absolute Gasteiger partial charge is 0.322 e. The van der Waals surface area contributed by atoms with Crippen LogP contribution in [0.3, 0.4) is 0 Å². The summed E-state index contributed by atoms with van der Waals surface area (Å²) in [6, 6.07) is 3.69. The first-order valence-electron chi connectivity index (χ1n) is 9.27. The van der Waals surface area contributed by atoms with Crippen LogP contribution >= 0.6 is 11.3 Å². The van der Waals surface area contributed by atoms with E-state index < -0.39 is 0 Å². The number of amides is 3. The van der Waals surface area contributed by atoms with Gasteiger partial charge in [-0.25, -0.2) is 4.79 Å². The van der Waals surface area contributed by atoms with Crippen LogP contribution in [0.25, 0.3) is 0 Å². The Kier molecular flexibility index (Phi) is 6.50. The van der Waals surface area contributed by atoms with Crippen molar-refractivity contribution >= 4 is 28.3 Å². The molecule has 1 unspecified atom stereocenters. The first-order valence-corrected chi connectivity index (χ1v) is 10.2. The molecular weight excluding hydrogens is 334 g/mol. The minimum Gasteiger partial charge on any atom is -0.355 e. The molecule has 0 aromatic carbocycles. The number of urea groups is 1. The summed E-state index contributed by atoms with van der Waals surface area (Å²) in [7, 11) is 0. The monoisotopic (exact) mass is 361 g/mol. The van der Waals surface area contributed by atoms with Crippen LogP contribution < -0.4 is 10.6 Å². The number of nitrogens with zero attached hydrogens (tertiary/aromatic N) is 1.